The first-order valence-corrected chi connectivity index (χ1v) is 20.9. The molecule has 0 bridgehead atoms. The van der Waals surface area contributed by atoms with E-state index in [0.717, 1.165) is 44.1 Å². The highest BCUT2D eigenvalue weighted by atomic mass is 16.7. The molecule has 14 nitrogen and oxygen atoms in total. The van der Waals surface area contributed by atoms with Crippen molar-refractivity contribution in [3.63, 3.8) is 0 Å². The van der Waals surface area contributed by atoms with E-state index in [1.165, 1.54) is 0 Å². The van der Waals surface area contributed by atoms with E-state index in [4.69, 9.17) is 33.2 Å². The normalized spacial score (nSPS) is 55.5. The fraction of sp³-hybridized carbons (Fsp3) is 0.927. The zero-order valence-electron chi connectivity index (χ0n) is 32.9. The minimum atomic E-state index is -1.01. The SMILES string of the molecule is CC1OC(OC2C(O)CC(OC3C(O)CC(OC4CC[C@@]5(C)C(CCC6C5CC(O)[C@]5(C)C(C7=CC(=O)OC7)CCC65O)C4)OC3C)OC2C)CC(O)C1O. The number of ether oxygens (including phenoxy) is 7. The van der Waals surface area contributed by atoms with Crippen LogP contribution in [0.1, 0.15) is 105 Å². The molecular formula is C41H64O14. The van der Waals surface area contributed by atoms with E-state index >= 15 is 0 Å². The van der Waals surface area contributed by atoms with Crippen LogP contribution >= 0.6 is 0 Å². The highest BCUT2D eigenvalue weighted by Gasteiger charge is 2.71. The third kappa shape index (κ3) is 6.95. The van der Waals surface area contributed by atoms with Crippen molar-refractivity contribution in [2.24, 2.45) is 34.5 Å². The molecule has 4 saturated carbocycles. The van der Waals surface area contributed by atoms with Crippen molar-refractivity contribution in [1.29, 1.82) is 0 Å². The summed E-state index contributed by atoms with van der Waals surface area (Å²) in [5, 5.41) is 66.9. The van der Waals surface area contributed by atoms with Gasteiger partial charge in [0, 0.05) is 30.8 Å². The van der Waals surface area contributed by atoms with E-state index in [0.29, 0.717) is 18.8 Å². The number of esters is 1. The standard InChI is InChI=1S/C41H64O14/c1-19-36(47)28(42)15-34(50-19)54-38-21(3)52-35(17-30(38)44)55-37-20(2)51-33(16-29(37)43)53-24-8-10-39(4)23(13-24)6-7-26-27(39)14-31(45)40(5)25(9-11-41(26,40)48)22-12-32(46)49-18-22/h12,19-21,23-31,33-38,42-45,47-48H,6-11,13-18H2,1-5H3/t19?,20?,21?,23?,24?,25?,26?,27?,28?,29?,30?,31?,33?,34?,35?,36?,37?,38?,39-,40-,41?/m0/s1. The number of carbonyl (C=O) groups is 1. The topological polar surface area (TPSA) is 203 Å². The molecule has 4 aliphatic carbocycles. The summed E-state index contributed by atoms with van der Waals surface area (Å²) < 4.78 is 42.1. The lowest BCUT2D eigenvalue weighted by molar-refractivity contribution is -0.336. The van der Waals surface area contributed by atoms with Crippen molar-refractivity contribution >= 4 is 5.97 Å². The molecule has 312 valence electrons. The Labute approximate surface area is 323 Å². The molecule has 14 heteroatoms. The highest BCUT2D eigenvalue weighted by molar-refractivity contribution is 5.85. The molecule has 6 N–H and O–H groups in total. The summed E-state index contributed by atoms with van der Waals surface area (Å²) in [6.45, 7) is 9.90. The third-order valence-corrected chi connectivity index (χ3v) is 16.0. The molecule has 7 fully saturated rings. The molecule has 0 spiro atoms. The zero-order chi connectivity index (χ0) is 39.2. The molecule has 0 radical (unpaired) electrons. The first-order chi connectivity index (χ1) is 26.0. The number of cyclic esters (lactones) is 1. The van der Waals surface area contributed by atoms with Crippen LogP contribution in [0.2, 0.25) is 0 Å². The van der Waals surface area contributed by atoms with Crippen molar-refractivity contribution in [2.75, 3.05) is 6.61 Å². The summed E-state index contributed by atoms with van der Waals surface area (Å²) in [7, 11) is 0. The molecule has 4 heterocycles. The molecule has 3 saturated heterocycles. The van der Waals surface area contributed by atoms with Gasteiger partial charge in [0.15, 0.2) is 18.9 Å². The van der Waals surface area contributed by atoms with Crippen LogP contribution in [0.3, 0.4) is 0 Å². The second kappa shape index (κ2) is 15.1. The van der Waals surface area contributed by atoms with Gasteiger partial charge in [-0.25, -0.2) is 4.79 Å². The van der Waals surface area contributed by atoms with Gasteiger partial charge in [0.05, 0.1) is 54.4 Å². The number of rotatable bonds is 7. The van der Waals surface area contributed by atoms with Gasteiger partial charge in [-0.1, -0.05) is 13.8 Å². The van der Waals surface area contributed by atoms with Crippen LogP contribution in [0.25, 0.3) is 0 Å². The van der Waals surface area contributed by atoms with Crippen LogP contribution in [-0.4, -0.2) is 135 Å². The quantitative estimate of drug-likeness (QED) is 0.162. The molecule has 21 atom stereocenters. The molecule has 8 aliphatic rings. The maximum Gasteiger partial charge on any atom is 0.331 e. The van der Waals surface area contributed by atoms with Crippen LogP contribution < -0.4 is 0 Å². The Bertz CT molecular complexity index is 1410. The van der Waals surface area contributed by atoms with Gasteiger partial charge >= 0.3 is 5.97 Å². The fourth-order valence-electron chi connectivity index (χ4n) is 12.8. The zero-order valence-corrected chi connectivity index (χ0v) is 32.9. The Morgan fingerprint density at radius 2 is 1.29 bits per heavy atom. The Balaban J connectivity index is 0.837. The first-order valence-electron chi connectivity index (χ1n) is 20.9. The van der Waals surface area contributed by atoms with Crippen molar-refractivity contribution in [3.05, 3.63) is 11.6 Å². The number of hydrogen-bond donors (Lipinski definition) is 6. The highest BCUT2D eigenvalue weighted by Crippen LogP contribution is 2.70. The number of fused-ring (bicyclic) bond motifs is 5. The summed E-state index contributed by atoms with van der Waals surface area (Å²) >= 11 is 0. The van der Waals surface area contributed by atoms with Gasteiger partial charge in [-0.15, -0.1) is 0 Å². The second-order valence-corrected chi connectivity index (χ2v) is 18.8. The van der Waals surface area contributed by atoms with Crippen LogP contribution in [-0.2, 0) is 38.0 Å². The van der Waals surface area contributed by atoms with E-state index in [-0.39, 0.29) is 61.1 Å². The minimum absolute atomic E-state index is 0.0452. The minimum Gasteiger partial charge on any atom is -0.458 e. The van der Waals surface area contributed by atoms with Crippen molar-refractivity contribution in [2.45, 2.75) is 197 Å². The number of aliphatic hydroxyl groups is 6. The molecule has 0 aromatic rings. The van der Waals surface area contributed by atoms with Crippen LogP contribution in [0.15, 0.2) is 11.6 Å². The van der Waals surface area contributed by atoms with Gasteiger partial charge in [0.1, 0.15) is 24.9 Å². The average Bonchev–Trinajstić information content (AvgIpc) is 3.67. The first kappa shape index (κ1) is 40.5. The number of aliphatic hydroxyl groups excluding tert-OH is 5. The predicted octanol–water partition coefficient (Wildman–Crippen LogP) is 2.22. The molecule has 4 aliphatic heterocycles. The smallest absolute Gasteiger partial charge is 0.331 e. The van der Waals surface area contributed by atoms with Crippen molar-refractivity contribution < 1.29 is 68.6 Å². The third-order valence-electron chi connectivity index (χ3n) is 16.0. The van der Waals surface area contributed by atoms with E-state index < -0.39 is 90.9 Å². The van der Waals surface area contributed by atoms with Crippen LogP contribution in [0.4, 0.5) is 0 Å². The molecule has 19 unspecified atom stereocenters. The maximum absolute atomic E-state index is 12.6. The second-order valence-electron chi connectivity index (χ2n) is 18.8. The van der Waals surface area contributed by atoms with Crippen molar-refractivity contribution in [1.82, 2.24) is 0 Å². The molecule has 0 amide bonds. The van der Waals surface area contributed by atoms with E-state index in [9.17, 15) is 35.4 Å². The van der Waals surface area contributed by atoms with Crippen molar-refractivity contribution in [3.8, 4) is 0 Å². The maximum atomic E-state index is 12.6. The molecular weight excluding hydrogens is 716 g/mol. The number of hydrogen-bond acceptors (Lipinski definition) is 14. The van der Waals surface area contributed by atoms with Gasteiger partial charge in [-0.3, -0.25) is 0 Å². The Morgan fingerprint density at radius 1 is 0.691 bits per heavy atom. The molecule has 0 aromatic heterocycles. The van der Waals surface area contributed by atoms with Crippen LogP contribution in [0, 0.1) is 34.5 Å². The average molecular weight is 781 g/mol. The molecule has 8 rings (SSSR count). The Kier molecular flexibility index (Phi) is 11.1. The van der Waals surface area contributed by atoms with Gasteiger partial charge in [0.25, 0.3) is 0 Å². The lowest BCUT2D eigenvalue weighted by Crippen LogP contribution is -2.67. The summed E-state index contributed by atoms with van der Waals surface area (Å²) in [5.41, 5.74) is -0.892. The van der Waals surface area contributed by atoms with E-state index in [1.54, 1.807) is 19.9 Å². The Hall–Kier alpha value is -1.27. The number of carbonyl (C=O) groups excluding carboxylic acids is 1. The fourth-order valence-corrected chi connectivity index (χ4v) is 12.8. The monoisotopic (exact) mass is 780 g/mol. The van der Waals surface area contributed by atoms with Crippen LogP contribution in [0.5, 0.6) is 0 Å². The molecule has 0 aromatic carbocycles. The van der Waals surface area contributed by atoms with E-state index in [1.807, 2.05) is 13.8 Å². The van der Waals surface area contributed by atoms with Gasteiger partial charge in [0.2, 0.25) is 0 Å². The lowest BCUT2D eigenvalue weighted by atomic mass is 9.42. The predicted molar refractivity (Wildman–Crippen MR) is 193 cm³/mol. The summed E-state index contributed by atoms with van der Waals surface area (Å²) in [6, 6.07) is 0. The summed E-state index contributed by atoms with van der Waals surface area (Å²) in [4.78, 5) is 11.9. The summed E-state index contributed by atoms with van der Waals surface area (Å²) in [5.74, 6) is 0.204. The Morgan fingerprint density at radius 3 is 1.87 bits per heavy atom. The summed E-state index contributed by atoms with van der Waals surface area (Å²) in [6.07, 6.45) is -1.51. The van der Waals surface area contributed by atoms with Gasteiger partial charge in [-0.2, -0.15) is 0 Å². The largest absolute Gasteiger partial charge is 0.458 e. The van der Waals surface area contributed by atoms with Gasteiger partial charge in [-0.05, 0) is 107 Å². The van der Waals surface area contributed by atoms with Gasteiger partial charge < -0.3 is 63.8 Å². The molecule has 55 heavy (non-hydrogen) atoms. The van der Waals surface area contributed by atoms with E-state index in [2.05, 4.69) is 6.92 Å². The lowest BCUT2D eigenvalue weighted by Gasteiger charge is -2.65.